The quantitative estimate of drug-likeness (QED) is 0.886. The summed E-state index contributed by atoms with van der Waals surface area (Å²) in [6.07, 6.45) is 0.619. The van der Waals surface area contributed by atoms with Gasteiger partial charge in [-0.1, -0.05) is 42.5 Å². The van der Waals surface area contributed by atoms with Gasteiger partial charge < -0.3 is 10.4 Å². The van der Waals surface area contributed by atoms with Crippen molar-refractivity contribution in [3.05, 3.63) is 70.8 Å². The molecule has 0 bridgehead atoms. The molecule has 3 heteroatoms. The van der Waals surface area contributed by atoms with Crippen molar-refractivity contribution in [3.63, 3.8) is 0 Å². The molecule has 0 aliphatic carbocycles. The van der Waals surface area contributed by atoms with Crippen molar-refractivity contribution >= 4 is 5.91 Å². The topological polar surface area (TPSA) is 49.3 Å². The third kappa shape index (κ3) is 3.92. The van der Waals surface area contributed by atoms with Crippen molar-refractivity contribution in [2.75, 3.05) is 6.61 Å². The lowest BCUT2D eigenvalue weighted by Gasteiger charge is -2.17. The summed E-state index contributed by atoms with van der Waals surface area (Å²) in [4.78, 5) is 12.4. The molecule has 2 rings (SSSR count). The molecule has 21 heavy (non-hydrogen) atoms. The van der Waals surface area contributed by atoms with Gasteiger partial charge in [-0.3, -0.25) is 4.79 Å². The number of aryl methyl sites for hydroxylation is 1. The van der Waals surface area contributed by atoms with Gasteiger partial charge in [0.05, 0.1) is 12.6 Å². The molecule has 0 fully saturated rings. The van der Waals surface area contributed by atoms with Gasteiger partial charge in [-0.15, -0.1) is 0 Å². The Morgan fingerprint density at radius 1 is 1.10 bits per heavy atom. The minimum Gasteiger partial charge on any atom is -0.394 e. The first kappa shape index (κ1) is 15.3. The normalized spacial score (nSPS) is 12.0. The van der Waals surface area contributed by atoms with Crippen LogP contribution in [0, 0.1) is 13.8 Å². The highest BCUT2D eigenvalue weighted by atomic mass is 16.3. The number of hydrogen-bond donors (Lipinski definition) is 2. The second-order valence-electron chi connectivity index (χ2n) is 5.29. The Kier molecular flexibility index (Phi) is 5.12. The Morgan fingerprint density at radius 2 is 1.81 bits per heavy atom. The van der Waals surface area contributed by atoms with Gasteiger partial charge in [0.25, 0.3) is 5.91 Å². The highest BCUT2D eigenvalue weighted by Crippen LogP contribution is 2.13. The summed E-state index contributed by atoms with van der Waals surface area (Å²) in [6, 6.07) is 15.2. The smallest absolute Gasteiger partial charge is 0.251 e. The summed E-state index contributed by atoms with van der Waals surface area (Å²) in [5.41, 5.74) is 3.83. The standard InChI is InChI=1S/C18H21NO2/c1-13-7-6-10-17(14(13)2)18(21)19-16(12-20)11-15-8-4-3-5-9-15/h3-10,16,20H,11-12H2,1-2H3,(H,19,21)/t16-/m0/s1. The van der Waals surface area contributed by atoms with Crippen molar-refractivity contribution in [1.82, 2.24) is 5.32 Å². The number of carbonyl (C=O) groups is 1. The van der Waals surface area contributed by atoms with Gasteiger partial charge in [-0.05, 0) is 43.0 Å². The summed E-state index contributed by atoms with van der Waals surface area (Å²) in [5.74, 6) is -0.133. The van der Waals surface area contributed by atoms with Gasteiger partial charge in [0.15, 0.2) is 0 Å². The van der Waals surface area contributed by atoms with Crippen LogP contribution in [-0.2, 0) is 6.42 Å². The van der Waals surface area contributed by atoms with E-state index in [9.17, 15) is 9.90 Å². The van der Waals surface area contributed by atoms with Crippen LogP contribution in [0.2, 0.25) is 0 Å². The molecule has 0 saturated heterocycles. The van der Waals surface area contributed by atoms with E-state index in [1.807, 2.05) is 62.4 Å². The van der Waals surface area contributed by atoms with Crippen LogP contribution < -0.4 is 5.32 Å². The number of carbonyl (C=O) groups excluding carboxylic acids is 1. The number of hydrogen-bond acceptors (Lipinski definition) is 2. The van der Waals surface area contributed by atoms with E-state index in [4.69, 9.17) is 0 Å². The number of aliphatic hydroxyl groups is 1. The van der Waals surface area contributed by atoms with E-state index in [0.717, 1.165) is 16.7 Å². The van der Waals surface area contributed by atoms with Crippen molar-refractivity contribution in [2.45, 2.75) is 26.3 Å². The molecular formula is C18H21NO2. The number of amides is 1. The van der Waals surface area contributed by atoms with Gasteiger partial charge >= 0.3 is 0 Å². The third-order valence-corrected chi connectivity index (χ3v) is 3.73. The molecule has 1 atom stereocenters. The zero-order valence-corrected chi connectivity index (χ0v) is 12.5. The summed E-state index contributed by atoms with van der Waals surface area (Å²) in [7, 11) is 0. The third-order valence-electron chi connectivity index (χ3n) is 3.73. The second kappa shape index (κ2) is 7.04. The lowest BCUT2D eigenvalue weighted by molar-refractivity contribution is 0.0916. The molecule has 0 aromatic heterocycles. The number of nitrogens with one attached hydrogen (secondary N) is 1. The fourth-order valence-corrected chi connectivity index (χ4v) is 2.32. The molecule has 2 aromatic carbocycles. The van der Waals surface area contributed by atoms with E-state index in [-0.39, 0.29) is 18.6 Å². The zero-order valence-electron chi connectivity index (χ0n) is 12.5. The molecule has 0 spiro atoms. The summed E-state index contributed by atoms with van der Waals surface area (Å²) >= 11 is 0. The maximum absolute atomic E-state index is 12.4. The first-order valence-corrected chi connectivity index (χ1v) is 7.13. The fraction of sp³-hybridized carbons (Fsp3) is 0.278. The van der Waals surface area contributed by atoms with Crippen molar-refractivity contribution in [3.8, 4) is 0 Å². The molecule has 110 valence electrons. The van der Waals surface area contributed by atoms with E-state index in [2.05, 4.69) is 5.32 Å². The predicted molar refractivity (Wildman–Crippen MR) is 84.4 cm³/mol. The van der Waals surface area contributed by atoms with Crippen LogP contribution in [0.3, 0.4) is 0 Å². The van der Waals surface area contributed by atoms with Crippen molar-refractivity contribution < 1.29 is 9.90 Å². The van der Waals surface area contributed by atoms with Crippen molar-refractivity contribution in [2.24, 2.45) is 0 Å². The molecule has 3 nitrogen and oxygen atoms in total. The lowest BCUT2D eigenvalue weighted by Crippen LogP contribution is -2.39. The van der Waals surface area contributed by atoms with E-state index in [0.29, 0.717) is 12.0 Å². The maximum atomic E-state index is 12.4. The summed E-state index contributed by atoms with van der Waals surface area (Å²) in [5, 5.41) is 12.4. The van der Waals surface area contributed by atoms with Crippen LogP contribution in [0.25, 0.3) is 0 Å². The molecule has 0 aliphatic rings. The Labute approximate surface area is 125 Å². The molecule has 0 unspecified atom stereocenters. The Hall–Kier alpha value is -2.13. The second-order valence-corrected chi connectivity index (χ2v) is 5.29. The first-order chi connectivity index (χ1) is 10.1. The fourth-order valence-electron chi connectivity index (χ4n) is 2.32. The largest absolute Gasteiger partial charge is 0.394 e. The number of benzene rings is 2. The minimum atomic E-state index is -0.278. The van der Waals surface area contributed by atoms with E-state index >= 15 is 0 Å². The molecule has 2 aromatic rings. The monoisotopic (exact) mass is 283 g/mol. The maximum Gasteiger partial charge on any atom is 0.251 e. The van der Waals surface area contributed by atoms with Gasteiger partial charge in [-0.2, -0.15) is 0 Å². The van der Waals surface area contributed by atoms with Gasteiger partial charge in [0.2, 0.25) is 0 Å². The molecule has 0 saturated carbocycles. The number of aliphatic hydroxyl groups excluding tert-OH is 1. The van der Waals surface area contributed by atoms with Gasteiger partial charge in [-0.25, -0.2) is 0 Å². The number of rotatable bonds is 5. The zero-order chi connectivity index (χ0) is 15.2. The Bertz CT molecular complexity index is 608. The molecule has 0 heterocycles. The van der Waals surface area contributed by atoms with Crippen LogP contribution in [0.5, 0.6) is 0 Å². The summed E-state index contributed by atoms with van der Waals surface area (Å²) in [6.45, 7) is 3.85. The van der Waals surface area contributed by atoms with E-state index in [1.165, 1.54) is 0 Å². The lowest BCUT2D eigenvalue weighted by atomic mass is 10.0. The Morgan fingerprint density at radius 3 is 2.48 bits per heavy atom. The van der Waals surface area contributed by atoms with Crippen molar-refractivity contribution in [1.29, 1.82) is 0 Å². The van der Waals surface area contributed by atoms with Crippen LogP contribution >= 0.6 is 0 Å². The molecule has 1 amide bonds. The van der Waals surface area contributed by atoms with Crippen LogP contribution in [0.1, 0.15) is 27.0 Å². The van der Waals surface area contributed by atoms with Gasteiger partial charge in [0, 0.05) is 5.56 Å². The van der Waals surface area contributed by atoms with Crippen LogP contribution in [0.15, 0.2) is 48.5 Å². The van der Waals surface area contributed by atoms with Crippen LogP contribution in [-0.4, -0.2) is 23.7 Å². The average molecular weight is 283 g/mol. The predicted octanol–water partition coefficient (Wildman–Crippen LogP) is 2.64. The molecule has 2 N–H and O–H groups in total. The van der Waals surface area contributed by atoms with Gasteiger partial charge in [0.1, 0.15) is 0 Å². The molecular weight excluding hydrogens is 262 g/mol. The molecule has 0 aliphatic heterocycles. The molecule has 0 radical (unpaired) electrons. The average Bonchev–Trinajstić information content (AvgIpc) is 2.50. The highest BCUT2D eigenvalue weighted by molar-refractivity contribution is 5.96. The minimum absolute atomic E-state index is 0.0779. The van der Waals surface area contributed by atoms with E-state index in [1.54, 1.807) is 0 Å². The Balaban J connectivity index is 2.08. The summed E-state index contributed by atoms with van der Waals surface area (Å²) < 4.78 is 0. The van der Waals surface area contributed by atoms with Crippen LogP contribution in [0.4, 0.5) is 0 Å². The highest BCUT2D eigenvalue weighted by Gasteiger charge is 2.15. The first-order valence-electron chi connectivity index (χ1n) is 7.13. The SMILES string of the molecule is Cc1cccc(C(=O)N[C@H](CO)Cc2ccccc2)c1C. The van der Waals surface area contributed by atoms with E-state index < -0.39 is 0 Å².